The number of ketones is 1. The van der Waals surface area contributed by atoms with Crippen molar-refractivity contribution < 1.29 is 22.6 Å². The Labute approximate surface area is 191 Å². The molecule has 31 heavy (non-hydrogen) atoms. The topological polar surface area (TPSA) is 57.1 Å². The molecule has 0 aromatic carbocycles. The molecule has 7 atom stereocenters. The van der Waals surface area contributed by atoms with Gasteiger partial charge >= 0.3 is 0 Å². The fourth-order valence-corrected chi connectivity index (χ4v) is 9.11. The Bertz CT molecular complexity index is 779. The van der Waals surface area contributed by atoms with Crippen LogP contribution in [0.1, 0.15) is 72.1 Å². The van der Waals surface area contributed by atoms with Gasteiger partial charge in [0.2, 0.25) is 6.79 Å². The van der Waals surface area contributed by atoms with Crippen LogP contribution in [0.15, 0.2) is 16.8 Å². The Morgan fingerprint density at radius 1 is 1.23 bits per heavy atom. The van der Waals surface area contributed by atoms with Crippen molar-refractivity contribution in [3.05, 3.63) is 11.6 Å². The molecule has 0 aromatic rings. The van der Waals surface area contributed by atoms with Gasteiger partial charge in [-0.3, -0.25) is 9.32 Å². The van der Waals surface area contributed by atoms with Gasteiger partial charge in [0.25, 0.3) is 0 Å². The number of hydrogen-bond donors (Lipinski definition) is 0. The van der Waals surface area contributed by atoms with Crippen molar-refractivity contribution in [2.75, 3.05) is 13.9 Å². The first-order valence-electron chi connectivity index (χ1n) is 11.4. The highest BCUT2D eigenvalue weighted by atomic mass is 32.2. The van der Waals surface area contributed by atoms with Crippen LogP contribution in [0.2, 0.25) is 0 Å². The smallest absolute Gasteiger partial charge is 0.221 e. The first kappa shape index (κ1) is 23.7. The fraction of sp³-hybridized carbons (Fsp3) is 0.826. The van der Waals surface area contributed by atoms with E-state index in [9.17, 15) is 4.79 Å². The average molecular weight is 472 g/mol. The van der Waals surface area contributed by atoms with Crippen LogP contribution in [-0.2, 0) is 18.7 Å². The van der Waals surface area contributed by atoms with Crippen LogP contribution in [-0.4, -0.2) is 30.1 Å². The lowest BCUT2D eigenvalue weighted by molar-refractivity contribution is -0.117. The number of carbonyl (C=O) groups excluding carboxylic acids is 1. The predicted molar refractivity (Wildman–Crippen MR) is 124 cm³/mol. The summed E-state index contributed by atoms with van der Waals surface area (Å²) in [6, 6.07) is 0. The van der Waals surface area contributed by atoms with Crippen molar-refractivity contribution in [3.63, 3.8) is 0 Å². The Kier molecular flexibility index (Phi) is 6.90. The van der Waals surface area contributed by atoms with Crippen molar-refractivity contribution in [2.45, 2.75) is 76.9 Å². The summed E-state index contributed by atoms with van der Waals surface area (Å²) in [5.74, 6) is 1.14. The molecule has 8 heteroatoms. The Balaban J connectivity index is 1.57. The molecule has 3 fully saturated rings. The second kappa shape index (κ2) is 9.04. The number of carbonyl (C=O) groups is 1. The number of fused-ring (bicyclic) bond motifs is 5. The van der Waals surface area contributed by atoms with E-state index < -0.39 is 0 Å². The summed E-state index contributed by atoms with van der Waals surface area (Å²) in [5, 5.41) is 4.35. The average Bonchev–Trinajstić information content (AvgIpc) is 3.11. The third-order valence-corrected chi connectivity index (χ3v) is 10.6. The van der Waals surface area contributed by atoms with Gasteiger partial charge in [-0.25, -0.2) is 0 Å². The molecule has 0 heterocycles. The Morgan fingerprint density at radius 3 is 2.77 bits per heavy atom. The van der Waals surface area contributed by atoms with Crippen molar-refractivity contribution in [3.8, 4) is 0 Å². The first-order chi connectivity index (χ1) is 14.8. The molecule has 5 nitrogen and oxygen atoms in total. The van der Waals surface area contributed by atoms with Gasteiger partial charge in [0.1, 0.15) is 0 Å². The van der Waals surface area contributed by atoms with Gasteiger partial charge in [-0.1, -0.05) is 24.6 Å². The summed E-state index contributed by atoms with van der Waals surface area (Å²) in [5.41, 5.74) is 2.23. The molecule has 0 aromatic heterocycles. The summed E-state index contributed by atoms with van der Waals surface area (Å²) in [4.78, 5) is 17.4. The number of rotatable bonds is 7. The quantitative estimate of drug-likeness (QED) is 0.141. The molecule has 0 bridgehead atoms. The Hall–Kier alpha value is -0.490. The van der Waals surface area contributed by atoms with Gasteiger partial charge in [-0.2, -0.15) is 3.89 Å². The van der Waals surface area contributed by atoms with Crippen LogP contribution < -0.4 is 0 Å². The zero-order valence-corrected chi connectivity index (χ0v) is 20.9. The van der Waals surface area contributed by atoms with Crippen LogP contribution in [0.3, 0.4) is 0 Å². The van der Waals surface area contributed by atoms with Gasteiger partial charge < -0.3 is 9.36 Å². The van der Waals surface area contributed by atoms with E-state index in [2.05, 4.69) is 19.0 Å². The van der Waals surface area contributed by atoms with Gasteiger partial charge in [-0.05, 0) is 80.6 Å². The maximum atomic E-state index is 15.0. The summed E-state index contributed by atoms with van der Waals surface area (Å²) in [6.45, 7) is 6.77. The van der Waals surface area contributed by atoms with Crippen LogP contribution in [0.5, 0.6) is 0 Å². The molecule has 0 aliphatic heterocycles. The highest BCUT2D eigenvalue weighted by Gasteiger charge is 2.67. The molecule has 174 valence electrons. The molecule has 0 radical (unpaired) electrons. The minimum atomic E-state index is -0.363. The monoisotopic (exact) mass is 471 g/mol. The molecule has 7 unspecified atom stereocenters. The van der Waals surface area contributed by atoms with E-state index >= 15 is 3.89 Å². The molecule has 4 aliphatic carbocycles. The van der Waals surface area contributed by atoms with Crippen molar-refractivity contribution >= 4 is 32.7 Å². The number of allylic oxidation sites excluding steroid dienone is 1. The molecule has 0 amide bonds. The summed E-state index contributed by atoms with van der Waals surface area (Å²) >= 11 is 0.632. The maximum absolute atomic E-state index is 15.0. The number of hydrogen-bond acceptors (Lipinski definition) is 6. The van der Waals surface area contributed by atoms with Gasteiger partial charge in [0.05, 0.1) is 22.6 Å². The van der Waals surface area contributed by atoms with Crippen LogP contribution in [0, 0.1) is 28.6 Å². The SMILES string of the molecule is COPOCO/N=C(/C)C1CCC2C1(C)CCC1C3(C)CCC(=O)C=C3CCC12SF. The van der Waals surface area contributed by atoms with E-state index in [0.717, 1.165) is 50.7 Å². The molecule has 4 rings (SSSR count). The van der Waals surface area contributed by atoms with Crippen molar-refractivity contribution in [2.24, 2.45) is 33.7 Å². The van der Waals surface area contributed by atoms with E-state index in [1.54, 1.807) is 7.11 Å². The highest BCUT2D eigenvalue weighted by Crippen LogP contribution is 2.72. The van der Waals surface area contributed by atoms with Crippen LogP contribution >= 0.6 is 21.2 Å². The molecule has 0 spiro atoms. The lowest BCUT2D eigenvalue weighted by Crippen LogP contribution is -2.60. The van der Waals surface area contributed by atoms with Crippen LogP contribution in [0.25, 0.3) is 0 Å². The van der Waals surface area contributed by atoms with Gasteiger partial charge in [-0.15, -0.1) is 0 Å². The Morgan fingerprint density at radius 2 is 2.03 bits per heavy atom. The second-order valence-corrected chi connectivity index (χ2v) is 12.1. The zero-order valence-electron chi connectivity index (χ0n) is 19.0. The maximum Gasteiger partial charge on any atom is 0.221 e. The molecule has 3 saturated carbocycles. The van der Waals surface area contributed by atoms with Gasteiger partial charge in [0.15, 0.2) is 14.8 Å². The molecule has 0 saturated heterocycles. The summed E-state index contributed by atoms with van der Waals surface area (Å²) in [6.07, 6.45) is 9.16. The third kappa shape index (κ3) is 3.82. The zero-order chi connectivity index (χ0) is 22.3. The standard InChI is InChI=1S/C23H35FNO4PS/c1-15(25-28-14-29-30-27-4)18-5-6-19-22(18,3)11-9-20-21(2)10-8-17(26)13-16(21)7-12-23(19,20)31-24/h13,18-20,30H,5-12,14H2,1-4H3/b25-15-. The van der Waals surface area contributed by atoms with E-state index in [0.29, 0.717) is 30.4 Å². The second-order valence-electron chi connectivity index (χ2n) is 10.3. The van der Waals surface area contributed by atoms with Gasteiger partial charge in [0, 0.05) is 19.4 Å². The van der Waals surface area contributed by atoms with E-state index in [4.69, 9.17) is 13.9 Å². The predicted octanol–water partition coefficient (Wildman–Crippen LogP) is 6.40. The number of nitrogens with zero attached hydrogens (tertiary/aromatic N) is 1. The lowest BCUT2D eigenvalue weighted by Gasteiger charge is -2.62. The minimum absolute atomic E-state index is 0.0176. The first-order valence-corrected chi connectivity index (χ1v) is 12.9. The van der Waals surface area contributed by atoms with E-state index in [-0.39, 0.29) is 43.1 Å². The van der Waals surface area contributed by atoms with E-state index in [1.807, 2.05) is 13.0 Å². The summed E-state index contributed by atoms with van der Waals surface area (Å²) in [7, 11) is 1.53. The minimum Gasteiger partial charge on any atom is -0.367 e. The molecule has 0 N–H and O–H groups in total. The third-order valence-electron chi connectivity index (χ3n) is 9.11. The number of oxime groups is 1. The molecular formula is C23H35FNO4PS. The normalized spacial score (nSPS) is 42.9. The van der Waals surface area contributed by atoms with E-state index in [1.165, 1.54) is 5.57 Å². The van der Waals surface area contributed by atoms with Crippen molar-refractivity contribution in [1.29, 1.82) is 0 Å². The fourth-order valence-electron chi connectivity index (χ4n) is 7.73. The highest BCUT2D eigenvalue weighted by molar-refractivity contribution is 7.95. The molecular weight excluding hydrogens is 436 g/mol. The largest absolute Gasteiger partial charge is 0.367 e. The summed E-state index contributed by atoms with van der Waals surface area (Å²) < 4.78 is 24.7. The lowest BCUT2D eigenvalue weighted by atomic mass is 9.46. The molecule has 4 aliphatic rings. The number of halogens is 1. The van der Waals surface area contributed by atoms with Crippen LogP contribution in [0.4, 0.5) is 3.89 Å². The van der Waals surface area contributed by atoms with Crippen molar-refractivity contribution in [1.82, 2.24) is 0 Å².